The van der Waals surface area contributed by atoms with Crippen molar-refractivity contribution in [1.29, 1.82) is 0 Å². The Kier molecular flexibility index (Phi) is 12.5. The Morgan fingerprint density at radius 2 is 1.51 bits per heavy atom. The molecule has 0 aromatic carbocycles. The van der Waals surface area contributed by atoms with Crippen LogP contribution >= 0.6 is 0 Å². The molecule has 1 aliphatic carbocycles. The number of rotatable bonds is 6. The van der Waals surface area contributed by atoms with Gasteiger partial charge in [-0.25, -0.2) is 14.6 Å². The van der Waals surface area contributed by atoms with Gasteiger partial charge in [0.2, 0.25) is 0 Å². The molecule has 4 rings (SSSR count). The zero-order valence-electron chi connectivity index (χ0n) is 21.6. The maximum atomic E-state index is 10.6. The topological polar surface area (TPSA) is 114 Å². The van der Waals surface area contributed by atoms with Crippen molar-refractivity contribution < 1.29 is 55.6 Å². The fourth-order valence-electron chi connectivity index (χ4n) is 4.93. The summed E-state index contributed by atoms with van der Waals surface area (Å²) < 4.78 is 77.3. The number of halogens is 6. The minimum atomic E-state index is -5.08. The molecule has 3 aliphatic rings. The highest BCUT2D eigenvalue weighted by molar-refractivity contribution is 5.73. The molecule has 1 atom stereocenters. The molecule has 3 heterocycles. The van der Waals surface area contributed by atoms with Crippen LogP contribution < -0.4 is 0 Å². The molecule has 1 saturated heterocycles. The Bertz CT molecular complexity index is 887. The van der Waals surface area contributed by atoms with Crippen LogP contribution in [0.2, 0.25) is 0 Å². The highest BCUT2D eigenvalue weighted by Gasteiger charge is 2.39. The van der Waals surface area contributed by atoms with E-state index in [1.54, 1.807) is 0 Å². The van der Waals surface area contributed by atoms with Crippen LogP contribution in [0.1, 0.15) is 55.8 Å². The smallest absolute Gasteiger partial charge is 0.475 e. The van der Waals surface area contributed by atoms with E-state index in [1.807, 2.05) is 6.33 Å². The Hall–Kier alpha value is -2.39. The van der Waals surface area contributed by atoms with Crippen LogP contribution in [0.3, 0.4) is 0 Å². The van der Waals surface area contributed by atoms with Crippen molar-refractivity contribution in [1.82, 2.24) is 14.5 Å². The third kappa shape index (κ3) is 11.3. The number of carboxylic acid groups (broad SMARTS) is 2. The fraction of sp³-hybridized carbons (Fsp3) is 0.792. The molecule has 9 nitrogen and oxygen atoms in total. The van der Waals surface area contributed by atoms with E-state index in [-0.39, 0.29) is 0 Å². The van der Waals surface area contributed by atoms with Gasteiger partial charge in [-0.15, -0.1) is 0 Å². The van der Waals surface area contributed by atoms with Crippen LogP contribution in [-0.2, 0) is 32.7 Å². The van der Waals surface area contributed by atoms with Gasteiger partial charge in [0.05, 0.1) is 18.6 Å². The van der Waals surface area contributed by atoms with Crippen LogP contribution in [0.4, 0.5) is 26.3 Å². The molecule has 0 amide bonds. The molecule has 2 aliphatic heterocycles. The largest absolute Gasteiger partial charge is 0.490 e. The first-order valence-corrected chi connectivity index (χ1v) is 12.7. The Labute approximate surface area is 222 Å². The third-order valence-corrected chi connectivity index (χ3v) is 6.79. The number of imidazole rings is 1. The zero-order valence-corrected chi connectivity index (χ0v) is 21.6. The van der Waals surface area contributed by atoms with E-state index in [2.05, 4.69) is 21.5 Å². The molecule has 15 heteroatoms. The molecule has 1 aromatic heterocycles. The van der Waals surface area contributed by atoms with Gasteiger partial charge in [0, 0.05) is 58.1 Å². The van der Waals surface area contributed by atoms with E-state index in [4.69, 9.17) is 29.3 Å². The molecule has 1 unspecified atom stereocenters. The van der Waals surface area contributed by atoms with Gasteiger partial charge in [-0.1, -0.05) is 12.8 Å². The Morgan fingerprint density at radius 1 is 0.974 bits per heavy atom. The number of aliphatic carboxylic acids is 2. The number of carbonyl (C=O) groups is 2. The molecular formula is C24H35F6N3O6. The van der Waals surface area contributed by atoms with Crippen molar-refractivity contribution in [2.75, 3.05) is 39.5 Å². The molecular weight excluding hydrogens is 540 g/mol. The van der Waals surface area contributed by atoms with Crippen LogP contribution in [0.25, 0.3) is 0 Å². The van der Waals surface area contributed by atoms with Crippen molar-refractivity contribution >= 4 is 11.9 Å². The number of aryl methyl sites for hydroxylation is 1. The number of fused-ring (bicyclic) bond motifs is 1. The van der Waals surface area contributed by atoms with Gasteiger partial charge < -0.3 is 24.3 Å². The van der Waals surface area contributed by atoms with Gasteiger partial charge in [0.25, 0.3) is 0 Å². The quantitative estimate of drug-likeness (QED) is 0.485. The predicted octanol–water partition coefficient (Wildman–Crippen LogP) is 4.22. The molecule has 2 N–H and O–H groups in total. The number of hydrogen-bond acceptors (Lipinski definition) is 6. The molecule has 224 valence electrons. The Morgan fingerprint density at radius 3 is 2.03 bits per heavy atom. The minimum absolute atomic E-state index is 0.456. The lowest BCUT2D eigenvalue weighted by atomic mass is 9.97. The molecule has 39 heavy (non-hydrogen) atoms. The minimum Gasteiger partial charge on any atom is -0.475 e. The average Bonchev–Trinajstić information content (AvgIpc) is 3.49. The molecule has 0 radical (unpaired) electrons. The lowest BCUT2D eigenvalue weighted by molar-refractivity contribution is -0.193. The van der Waals surface area contributed by atoms with Gasteiger partial charge >= 0.3 is 24.3 Å². The van der Waals surface area contributed by atoms with Crippen molar-refractivity contribution in [3.05, 3.63) is 17.7 Å². The van der Waals surface area contributed by atoms with Crippen molar-refractivity contribution in [3.8, 4) is 0 Å². The second-order valence-corrected chi connectivity index (χ2v) is 9.93. The monoisotopic (exact) mass is 575 g/mol. The first-order chi connectivity index (χ1) is 18.2. The number of nitrogens with zero attached hydrogens (tertiary/aromatic N) is 3. The lowest BCUT2D eigenvalue weighted by Crippen LogP contribution is -2.39. The molecule has 0 spiro atoms. The maximum absolute atomic E-state index is 10.6. The van der Waals surface area contributed by atoms with Gasteiger partial charge in [0.15, 0.2) is 0 Å². The van der Waals surface area contributed by atoms with Crippen molar-refractivity contribution in [2.45, 2.75) is 63.3 Å². The van der Waals surface area contributed by atoms with Gasteiger partial charge in [-0.2, -0.15) is 26.3 Å². The van der Waals surface area contributed by atoms with E-state index in [0.717, 1.165) is 58.3 Å². The predicted molar refractivity (Wildman–Crippen MR) is 125 cm³/mol. The van der Waals surface area contributed by atoms with Crippen LogP contribution in [0.15, 0.2) is 6.33 Å². The Balaban J connectivity index is 0.000000317. The summed E-state index contributed by atoms with van der Waals surface area (Å²) >= 11 is 0. The van der Waals surface area contributed by atoms with Crippen molar-refractivity contribution in [3.63, 3.8) is 0 Å². The SMILES string of the molecule is Cn1cnc2c1C(COCC1CCOCC1)CN(CC1CCCC1)C2.O=C(O)C(F)(F)F.O=C(O)C(F)(F)F. The van der Waals surface area contributed by atoms with Crippen LogP contribution in [0.5, 0.6) is 0 Å². The fourth-order valence-corrected chi connectivity index (χ4v) is 4.93. The first-order valence-electron chi connectivity index (χ1n) is 12.7. The van der Waals surface area contributed by atoms with E-state index < -0.39 is 24.3 Å². The van der Waals surface area contributed by atoms with Gasteiger partial charge in [0.1, 0.15) is 0 Å². The van der Waals surface area contributed by atoms with Gasteiger partial charge in [-0.3, -0.25) is 4.90 Å². The molecule has 1 aromatic rings. The number of aromatic nitrogens is 2. The summed E-state index contributed by atoms with van der Waals surface area (Å²) in [6.07, 6.45) is -0.219. The number of ether oxygens (including phenoxy) is 2. The second-order valence-electron chi connectivity index (χ2n) is 9.93. The van der Waals surface area contributed by atoms with Crippen LogP contribution in [0, 0.1) is 11.8 Å². The summed E-state index contributed by atoms with van der Waals surface area (Å²) in [7, 11) is 2.13. The average molecular weight is 576 g/mol. The van der Waals surface area contributed by atoms with E-state index in [0.29, 0.717) is 11.8 Å². The summed E-state index contributed by atoms with van der Waals surface area (Å²) in [5.41, 5.74) is 2.67. The molecule has 1 saturated carbocycles. The highest BCUT2D eigenvalue weighted by Crippen LogP contribution is 2.31. The van der Waals surface area contributed by atoms with E-state index in [9.17, 15) is 26.3 Å². The van der Waals surface area contributed by atoms with Crippen LogP contribution in [-0.4, -0.2) is 88.5 Å². The summed E-state index contributed by atoms with van der Waals surface area (Å²) in [6, 6.07) is 0. The first kappa shape index (κ1) is 32.8. The normalized spacial score (nSPS) is 20.8. The molecule has 2 fully saturated rings. The summed E-state index contributed by atoms with van der Waals surface area (Å²) in [5, 5.41) is 14.2. The van der Waals surface area contributed by atoms with E-state index in [1.165, 1.54) is 43.6 Å². The van der Waals surface area contributed by atoms with E-state index >= 15 is 0 Å². The standard InChI is InChI=1S/C20H33N3O2.2C2HF3O2/c1-22-15-21-19-12-23(10-16-4-2-3-5-16)11-18(20(19)22)14-25-13-17-6-8-24-9-7-17;2*3-2(4,5)1(6)7/h15-18H,2-14H2,1H3;2*(H,6,7). The van der Waals surface area contributed by atoms with Crippen molar-refractivity contribution in [2.24, 2.45) is 18.9 Å². The second kappa shape index (κ2) is 14.8. The zero-order chi connectivity index (χ0) is 29.2. The maximum Gasteiger partial charge on any atom is 0.490 e. The highest BCUT2D eigenvalue weighted by atomic mass is 19.4. The summed E-state index contributed by atoms with van der Waals surface area (Å²) in [5.74, 6) is -3.48. The summed E-state index contributed by atoms with van der Waals surface area (Å²) in [4.78, 5) is 25.1. The number of alkyl halides is 6. The lowest BCUT2D eigenvalue weighted by Gasteiger charge is -2.34. The van der Waals surface area contributed by atoms with Gasteiger partial charge in [-0.05, 0) is 37.5 Å². The number of carboxylic acids is 2. The number of hydrogen-bond donors (Lipinski definition) is 2. The molecule has 0 bridgehead atoms. The third-order valence-electron chi connectivity index (χ3n) is 6.79. The summed E-state index contributed by atoms with van der Waals surface area (Å²) in [6.45, 7) is 6.89.